The lowest BCUT2D eigenvalue weighted by Crippen LogP contribution is -2.52. The molecule has 3 amide bonds. The quantitative estimate of drug-likeness (QED) is 0.703. The Bertz CT molecular complexity index is 1130. The molecule has 1 atom stereocenters. The van der Waals surface area contributed by atoms with E-state index in [1.807, 2.05) is 4.90 Å². The lowest BCUT2D eigenvalue weighted by molar-refractivity contribution is -0.136. The summed E-state index contributed by atoms with van der Waals surface area (Å²) in [6, 6.07) is 3.68. The number of pyridine rings is 1. The molecule has 4 heterocycles. The average Bonchev–Trinajstić information content (AvgIpc) is 3.09. The van der Waals surface area contributed by atoms with Gasteiger partial charge in [0.05, 0.1) is 11.9 Å². The van der Waals surface area contributed by atoms with Gasteiger partial charge in [-0.2, -0.15) is 0 Å². The van der Waals surface area contributed by atoms with Crippen molar-refractivity contribution < 1.29 is 23.2 Å². The summed E-state index contributed by atoms with van der Waals surface area (Å²) in [7, 11) is 0. The fourth-order valence-electron chi connectivity index (χ4n) is 4.77. The summed E-state index contributed by atoms with van der Waals surface area (Å²) in [5.74, 6) is -2.07. The van der Waals surface area contributed by atoms with Gasteiger partial charge in [-0.15, -0.1) is 0 Å². The van der Waals surface area contributed by atoms with E-state index in [0.717, 1.165) is 5.56 Å². The van der Waals surface area contributed by atoms with Crippen LogP contribution in [0.1, 0.15) is 34.3 Å². The summed E-state index contributed by atoms with van der Waals surface area (Å²) in [6.07, 6.45) is 3.25. The van der Waals surface area contributed by atoms with Gasteiger partial charge < -0.3 is 9.80 Å². The second-order valence-electron chi connectivity index (χ2n) is 8.64. The topological polar surface area (TPSA) is 85.9 Å². The summed E-state index contributed by atoms with van der Waals surface area (Å²) < 4.78 is 28.4. The van der Waals surface area contributed by atoms with Crippen LogP contribution in [-0.2, 0) is 22.7 Å². The van der Waals surface area contributed by atoms with Gasteiger partial charge in [-0.25, -0.2) is 8.78 Å². The number of hydrogen-bond donors (Lipinski definition) is 1. The molecule has 3 aliphatic rings. The molecule has 10 heteroatoms. The number of benzene rings is 1. The average molecular weight is 455 g/mol. The van der Waals surface area contributed by atoms with Crippen LogP contribution in [0.3, 0.4) is 0 Å². The summed E-state index contributed by atoms with van der Waals surface area (Å²) in [4.78, 5) is 45.9. The van der Waals surface area contributed by atoms with Gasteiger partial charge in [0, 0.05) is 57.4 Å². The fraction of sp³-hybridized carbons (Fsp3) is 0.391. The van der Waals surface area contributed by atoms with Crippen molar-refractivity contribution in [1.82, 2.24) is 20.1 Å². The highest BCUT2D eigenvalue weighted by molar-refractivity contribution is 6.05. The lowest BCUT2D eigenvalue weighted by Gasteiger charge is -2.36. The summed E-state index contributed by atoms with van der Waals surface area (Å²) in [5.41, 5.74) is 2.16. The minimum Gasteiger partial charge on any atom is -0.367 e. The van der Waals surface area contributed by atoms with E-state index in [2.05, 4.69) is 15.2 Å². The molecule has 0 radical (unpaired) electrons. The van der Waals surface area contributed by atoms with Crippen LogP contribution in [0.2, 0.25) is 0 Å². The zero-order chi connectivity index (χ0) is 23.1. The minimum absolute atomic E-state index is 0.173. The van der Waals surface area contributed by atoms with E-state index in [9.17, 15) is 23.2 Å². The number of hydrogen-bond acceptors (Lipinski definition) is 6. The third-order valence-corrected chi connectivity index (χ3v) is 6.47. The lowest BCUT2D eigenvalue weighted by atomic mass is 10.0. The standard InChI is InChI=1S/C23H23F2N5O3/c24-16-7-14(10-26-11-16)12-28-3-5-29(6-4-28)20-8-15-13-30(23(33)17(15)9-18(20)25)19-1-2-21(31)27-22(19)32/h7-11,19H,1-6,12-13H2,(H,27,31,32). The molecule has 0 spiro atoms. The summed E-state index contributed by atoms with van der Waals surface area (Å²) in [6.45, 7) is 3.30. The highest BCUT2D eigenvalue weighted by atomic mass is 19.1. The Labute approximate surface area is 189 Å². The van der Waals surface area contributed by atoms with Crippen LogP contribution in [0.4, 0.5) is 14.5 Å². The predicted molar refractivity (Wildman–Crippen MR) is 114 cm³/mol. The molecule has 0 bridgehead atoms. The summed E-state index contributed by atoms with van der Waals surface area (Å²) in [5, 5.41) is 2.27. The van der Waals surface area contributed by atoms with Gasteiger partial charge in [-0.05, 0) is 35.7 Å². The second kappa shape index (κ2) is 8.51. The minimum atomic E-state index is -0.727. The van der Waals surface area contributed by atoms with Crippen molar-refractivity contribution >= 4 is 23.4 Å². The number of amides is 3. The predicted octanol–water partition coefficient (Wildman–Crippen LogP) is 1.44. The van der Waals surface area contributed by atoms with Crippen molar-refractivity contribution in [3.63, 3.8) is 0 Å². The van der Waals surface area contributed by atoms with Gasteiger partial charge in [0.25, 0.3) is 5.91 Å². The molecule has 1 aromatic heterocycles. The third kappa shape index (κ3) is 4.18. The number of halogens is 2. The number of piperidine rings is 1. The Hall–Kier alpha value is -3.40. The number of fused-ring (bicyclic) bond motifs is 1. The van der Waals surface area contributed by atoms with Crippen molar-refractivity contribution in [1.29, 1.82) is 0 Å². The van der Waals surface area contributed by atoms with Crippen LogP contribution in [0, 0.1) is 11.6 Å². The molecule has 5 rings (SSSR count). The number of carbonyl (C=O) groups is 3. The highest BCUT2D eigenvalue weighted by Gasteiger charge is 2.39. The van der Waals surface area contributed by atoms with Crippen LogP contribution in [0.15, 0.2) is 30.6 Å². The number of piperazine rings is 1. The molecule has 1 aromatic carbocycles. The van der Waals surface area contributed by atoms with Crippen LogP contribution in [-0.4, -0.2) is 64.7 Å². The van der Waals surface area contributed by atoms with E-state index >= 15 is 0 Å². The Kier molecular flexibility index (Phi) is 5.53. The van der Waals surface area contributed by atoms with Crippen LogP contribution < -0.4 is 10.2 Å². The number of imide groups is 1. The maximum Gasteiger partial charge on any atom is 0.255 e. The van der Waals surface area contributed by atoms with E-state index in [1.54, 1.807) is 12.3 Å². The van der Waals surface area contributed by atoms with E-state index in [4.69, 9.17) is 0 Å². The van der Waals surface area contributed by atoms with Crippen molar-refractivity contribution in [3.05, 3.63) is 58.9 Å². The monoisotopic (exact) mass is 455 g/mol. The second-order valence-corrected chi connectivity index (χ2v) is 8.64. The Morgan fingerprint density at radius 1 is 1.03 bits per heavy atom. The molecule has 3 aliphatic heterocycles. The van der Waals surface area contributed by atoms with Crippen molar-refractivity contribution in [2.45, 2.75) is 32.0 Å². The van der Waals surface area contributed by atoms with Crippen molar-refractivity contribution in [2.75, 3.05) is 31.1 Å². The van der Waals surface area contributed by atoms with E-state index in [-0.39, 0.29) is 36.7 Å². The van der Waals surface area contributed by atoms with E-state index < -0.39 is 23.7 Å². The Morgan fingerprint density at radius 2 is 1.82 bits per heavy atom. The molecule has 33 heavy (non-hydrogen) atoms. The molecule has 1 N–H and O–H groups in total. The molecule has 2 fully saturated rings. The molecule has 2 saturated heterocycles. The SMILES string of the molecule is O=C1CCC(N2Cc3cc(N4CCN(Cc5cncc(F)c5)CC4)c(F)cc3C2=O)C(=O)N1. The molecule has 0 aliphatic carbocycles. The molecule has 172 valence electrons. The zero-order valence-electron chi connectivity index (χ0n) is 17.9. The highest BCUT2D eigenvalue weighted by Crippen LogP contribution is 2.33. The Balaban J connectivity index is 1.27. The number of nitrogens with one attached hydrogen (secondary N) is 1. The molecule has 1 unspecified atom stereocenters. The maximum atomic E-state index is 15.0. The third-order valence-electron chi connectivity index (χ3n) is 6.47. The summed E-state index contributed by atoms with van der Waals surface area (Å²) >= 11 is 0. The first kappa shape index (κ1) is 21.4. The van der Waals surface area contributed by atoms with Gasteiger partial charge >= 0.3 is 0 Å². The molecular weight excluding hydrogens is 432 g/mol. The number of carbonyl (C=O) groups excluding carboxylic acids is 3. The number of anilines is 1. The van der Waals surface area contributed by atoms with Gasteiger partial charge in [-0.3, -0.25) is 29.6 Å². The van der Waals surface area contributed by atoms with Gasteiger partial charge in [-0.1, -0.05) is 0 Å². The van der Waals surface area contributed by atoms with Crippen LogP contribution >= 0.6 is 0 Å². The van der Waals surface area contributed by atoms with E-state index in [0.29, 0.717) is 44.0 Å². The van der Waals surface area contributed by atoms with Gasteiger partial charge in [0.2, 0.25) is 11.8 Å². The normalized spacial score (nSPS) is 21.4. The zero-order valence-corrected chi connectivity index (χ0v) is 17.9. The van der Waals surface area contributed by atoms with Gasteiger partial charge in [0.1, 0.15) is 17.7 Å². The number of aromatic nitrogens is 1. The number of nitrogens with zero attached hydrogens (tertiary/aromatic N) is 4. The van der Waals surface area contributed by atoms with Crippen LogP contribution in [0.5, 0.6) is 0 Å². The molecule has 0 saturated carbocycles. The van der Waals surface area contributed by atoms with Crippen LogP contribution in [0.25, 0.3) is 0 Å². The maximum absolute atomic E-state index is 15.0. The molecular formula is C23H23F2N5O3. The molecule has 8 nitrogen and oxygen atoms in total. The first-order chi connectivity index (χ1) is 15.9. The van der Waals surface area contributed by atoms with Crippen molar-refractivity contribution in [3.8, 4) is 0 Å². The van der Waals surface area contributed by atoms with E-state index in [1.165, 1.54) is 23.2 Å². The Morgan fingerprint density at radius 3 is 2.55 bits per heavy atom. The van der Waals surface area contributed by atoms with Crippen molar-refractivity contribution in [2.24, 2.45) is 0 Å². The van der Waals surface area contributed by atoms with Gasteiger partial charge in [0.15, 0.2) is 0 Å². The first-order valence-corrected chi connectivity index (χ1v) is 10.9. The number of rotatable bonds is 4. The fourth-order valence-corrected chi connectivity index (χ4v) is 4.77. The molecule has 2 aromatic rings. The smallest absolute Gasteiger partial charge is 0.255 e. The first-order valence-electron chi connectivity index (χ1n) is 10.9. The largest absolute Gasteiger partial charge is 0.367 e.